The molecule has 3 heteroatoms. The second-order valence-electron chi connectivity index (χ2n) is 5.99. The number of rotatable bonds is 6. The lowest BCUT2D eigenvalue weighted by atomic mass is 10.1. The van der Waals surface area contributed by atoms with Gasteiger partial charge in [-0.3, -0.25) is 0 Å². The Bertz CT molecular complexity index is 431. The van der Waals surface area contributed by atoms with Crippen LogP contribution in [-0.2, 0) is 0 Å². The summed E-state index contributed by atoms with van der Waals surface area (Å²) in [5.41, 5.74) is 1.28. The SMILES string of the molecule is CCCC(CNC1CC1)N1CCCOc2ccccc21. The van der Waals surface area contributed by atoms with Gasteiger partial charge in [0.2, 0.25) is 0 Å². The molecule has 0 radical (unpaired) electrons. The van der Waals surface area contributed by atoms with E-state index in [-0.39, 0.29) is 0 Å². The molecule has 0 amide bonds. The van der Waals surface area contributed by atoms with E-state index in [9.17, 15) is 0 Å². The number of anilines is 1. The Balaban J connectivity index is 1.76. The summed E-state index contributed by atoms with van der Waals surface area (Å²) in [7, 11) is 0. The number of nitrogens with one attached hydrogen (secondary N) is 1. The zero-order valence-corrected chi connectivity index (χ0v) is 12.5. The first-order valence-electron chi connectivity index (χ1n) is 8.10. The van der Waals surface area contributed by atoms with Gasteiger partial charge < -0.3 is 15.0 Å². The monoisotopic (exact) mass is 274 g/mol. The fraction of sp³-hybridized carbons (Fsp3) is 0.647. The summed E-state index contributed by atoms with van der Waals surface area (Å²) >= 11 is 0. The number of hydrogen-bond donors (Lipinski definition) is 1. The topological polar surface area (TPSA) is 24.5 Å². The van der Waals surface area contributed by atoms with Crippen LogP contribution in [0.1, 0.15) is 39.0 Å². The summed E-state index contributed by atoms with van der Waals surface area (Å²) in [6, 6.07) is 9.87. The maximum Gasteiger partial charge on any atom is 0.142 e. The van der Waals surface area contributed by atoms with E-state index in [0.717, 1.165) is 37.9 Å². The quantitative estimate of drug-likeness (QED) is 0.862. The predicted molar refractivity (Wildman–Crippen MR) is 83.6 cm³/mol. The van der Waals surface area contributed by atoms with Crippen molar-refractivity contribution in [2.45, 2.75) is 51.1 Å². The smallest absolute Gasteiger partial charge is 0.142 e. The second kappa shape index (κ2) is 6.49. The first-order chi connectivity index (χ1) is 9.88. The van der Waals surface area contributed by atoms with E-state index in [1.165, 1.54) is 31.4 Å². The molecule has 3 rings (SSSR count). The predicted octanol–water partition coefficient (Wildman–Crippen LogP) is 3.20. The minimum atomic E-state index is 0.587. The molecule has 1 N–H and O–H groups in total. The summed E-state index contributed by atoms with van der Waals surface area (Å²) in [6.07, 6.45) is 6.31. The summed E-state index contributed by atoms with van der Waals surface area (Å²) in [4.78, 5) is 2.57. The first-order valence-corrected chi connectivity index (χ1v) is 8.10. The molecule has 3 nitrogen and oxygen atoms in total. The van der Waals surface area contributed by atoms with Crippen molar-refractivity contribution < 1.29 is 4.74 Å². The number of nitrogens with zero attached hydrogens (tertiary/aromatic N) is 1. The van der Waals surface area contributed by atoms with Crippen molar-refractivity contribution in [3.63, 3.8) is 0 Å². The molecule has 1 unspecified atom stereocenters. The molecule has 1 atom stereocenters. The van der Waals surface area contributed by atoms with Crippen LogP contribution in [0.3, 0.4) is 0 Å². The molecule has 1 aliphatic heterocycles. The molecule has 1 heterocycles. The third-order valence-corrected chi connectivity index (χ3v) is 4.26. The van der Waals surface area contributed by atoms with E-state index >= 15 is 0 Å². The van der Waals surface area contributed by atoms with E-state index in [0.29, 0.717) is 6.04 Å². The van der Waals surface area contributed by atoms with Gasteiger partial charge >= 0.3 is 0 Å². The van der Waals surface area contributed by atoms with Gasteiger partial charge in [-0.15, -0.1) is 0 Å². The fourth-order valence-electron chi connectivity index (χ4n) is 3.02. The van der Waals surface area contributed by atoms with E-state index in [4.69, 9.17) is 4.74 Å². The highest BCUT2D eigenvalue weighted by Gasteiger charge is 2.26. The number of hydrogen-bond acceptors (Lipinski definition) is 3. The molecular weight excluding hydrogens is 248 g/mol. The lowest BCUT2D eigenvalue weighted by Gasteiger charge is -2.33. The van der Waals surface area contributed by atoms with Crippen LogP contribution in [0.4, 0.5) is 5.69 Å². The zero-order valence-electron chi connectivity index (χ0n) is 12.5. The molecule has 1 fully saturated rings. The molecule has 0 saturated heterocycles. The molecule has 2 aliphatic rings. The molecule has 1 aliphatic carbocycles. The van der Waals surface area contributed by atoms with E-state index < -0.39 is 0 Å². The molecular formula is C17H26N2O. The van der Waals surface area contributed by atoms with Crippen molar-refractivity contribution in [1.82, 2.24) is 5.32 Å². The van der Waals surface area contributed by atoms with E-state index in [1.54, 1.807) is 0 Å². The molecule has 0 spiro atoms. The standard InChI is InChI=1S/C17H26N2O/c1-2-6-15(13-18-14-9-10-14)19-11-5-12-20-17-8-4-3-7-16(17)19/h3-4,7-8,14-15,18H,2,5-6,9-13H2,1H3. The van der Waals surface area contributed by atoms with Crippen molar-refractivity contribution in [1.29, 1.82) is 0 Å². The Hall–Kier alpha value is -1.22. The Morgan fingerprint density at radius 1 is 1.35 bits per heavy atom. The maximum absolute atomic E-state index is 5.88. The van der Waals surface area contributed by atoms with Gasteiger partial charge in [-0.1, -0.05) is 25.5 Å². The van der Waals surface area contributed by atoms with Crippen LogP contribution in [0, 0.1) is 0 Å². The van der Waals surface area contributed by atoms with Gasteiger partial charge in [-0.05, 0) is 37.8 Å². The van der Waals surface area contributed by atoms with Crippen LogP contribution in [0.2, 0.25) is 0 Å². The van der Waals surface area contributed by atoms with Crippen molar-refractivity contribution in [2.24, 2.45) is 0 Å². The van der Waals surface area contributed by atoms with Crippen LogP contribution in [0.25, 0.3) is 0 Å². The summed E-state index contributed by atoms with van der Waals surface area (Å²) in [5, 5.41) is 3.71. The van der Waals surface area contributed by atoms with Crippen molar-refractivity contribution in [3.8, 4) is 5.75 Å². The summed E-state index contributed by atoms with van der Waals surface area (Å²) in [6.45, 7) is 5.33. The van der Waals surface area contributed by atoms with Gasteiger partial charge in [0.25, 0.3) is 0 Å². The average molecular weight is 274 g/mol. The highest BCUT2D eigenvalue weighted by atomic mass is 16.5. The number of ether oxygens (including phenoxy) is 1. The Labute approximate surface area is 122 Å². The van der Waals surface area contributed by atoms with E-state index in [2.05, 4.69) is 41.4 Å². The molecule has 1 aromatic carbocycles. The van der Waals surface area contributed by atoms with Gasteiger partial charge in [0.15, 0.2) is 0 Å². The average Bonchev–Trinajstić information content (AvgIpc) is 3.30. The van der Waals surface area contributed by atoms with Crippen LogP contribution >= 0.6 is 0 Å². The van der Waals surface area contributed by atoms with Crippen LogP contribution in [0.5, 0.6) is 5.75 Å². The van der Waals surface area contributed by atoms with E-state index in [1.807, 2.05) is 0 Å². The lowest BCUT2D eigenvalue weighted by Crippen LogP contribution is -2.43. The van der Waals surface area contributed by atoms with Crippen molar-refractivity contribution >= 4 is 5.69 Å². The van der Waals surface area contributed by atoms with Gasteiger partial charge in [0.05, 0.1) is 12.3 Å². The zero-order chi connectivity index (χ0) is 13.8. The molecule has 110 valence electrons. The Morgan fingerprint density at radius 3 is 3.00 bits per heavy atom. The van der Waals surface area contributed by atoms with Gasteiger partial charge in [-0.2, -0.15) is 0 Å². The minimum Gasteiger partial charge on any atom is -0.491 e. The fourth-order valence-corrected chi connectivity index (χ4v) is 3.02. The molecule has 1 aromatic rings. The Kier molecular flexibility index (Phi) is 4.46. The van der Waals surface area contributed by atoms with Gasteiger partial charge in [-0.25, -0.2) is 0 Å². The van der Waals surface area contributed by atoms with Crippen LogP contribution in [-0.4, -0.2) is 31.8 Å². The second-order valence-corrected chi connectivity index (χ2v) is 5.99. The minimum absolute atomic E-state index is 0.587. The summed E-state index contributed by atoms with van der Waals surface area (Å²) < 4.78 is 5.88. The van der Waals surface area contributed by atoms with Crippen molar-refractivity contribution in [3.05, 3.63) is 24.3 Å². The van der Waals surface area contributed by atoms with Gasteiger partial charge in [0, 0.05) is 25.2 Å². The van der Waals surface area contributed by atoms with Crippen LogP contribution < -0.4 is 15.0 Å². The number of para-hydroxylation sites is 2. The maximum atomic E-state index is 5.88. The highest BCUT2D eigenvalue weighted by molar-refractivity contribution is 5.59. The largest absolute Gasteiger partial charge is 0.491 e. The highest BCUT2D eigenvalue weighted by Crippen LogP contribution is 2.32. The van der Waals surface area contributed by atoms with Gasteiger partial charge in [0.1, 0.15) is 5.75 Å². The molecule has 1 saturated carbocycles. The first kappa shape index (κ1) is 13.7. The third-order valence-electron chi connectivity index (χ3n) is 4.26. The van der Waals surface area contributed by atoms with Crippen molar-refractivity contribution in [2.75, 3.05) is 24.6 Å². The lowest BCUT2D eigenvalue weighted by molar-refractivity contribution is 0.322. The van der Waals surface area contributed by atoms with Crippen LogP contribution in [0.15, 0.2) is 24.3 Å². The summed E-state index contributed by atoms with van der Waals surface area (Å²) in [5.74, 6) is 1.05. The third kappa shape index (κ3) is 3.26. The number of fused-ring (bicyclic) bond motifs is 1. The normalized spacial score (nSPS) is 19.9. The molecule has 20 heavy (non-hydrogen) atoms. The molecule has 0 bridgehead atoms. The Morgan fingerprint density at radius 2 is 2.20 bits per heavy atom. The number of benzene rings is 1. The molecule has 0 aromatic heterocycles.